The fourth-order valence-electron chi connectivity index (χ4n) is 0.926. The Morgan fingerprint density at radius 3 is 3.07 bits per heavy atom. The fourth-order valence-corrected chi connectivity index (χ4v) is 1.02. The molecule has 1 heterocycles. The molecule has 0 radical (unpaired) electrons. The average molecular weight is 214 g/mol. The molecular weight excluding hydrogens is 202 g/mol. The van der Waals surface area contributed by atoms with E-state index in [1.54, 1.807) is 12.3 Å². The highest BCUT2D eigenvalue weighted by atomic mass is 35.5. The largest absolute Gasteiger partial charge is 0.337 e. The number of carbonyl (C=O) groups is 1. The summed E-state index contributed by atoms with van der Waals surface area (Å²) in [6.45, 7) is 2.38. The first-order valence-corrected chi connectivity index (χ1v) is 4.79. The van der Waals surface area contributed by atoms with Crippen LogP contribution >= 0.6 is 11.6 Å². The Morgan fingerprint density at radius 2 is 2.43 bits per heavy atom. The first kappa shape index (κ1) is 10.8. The lowest BCUT2D eigenvalue weighted by Crippen LogP contribution is -2.30. The Hall–Kier alpha value is -1.29. The minimum Gasteiger partial charge on any atom is -0.337 e. The van der Waals surface area contributed by atoms with E-state index < -0.39 is 0 Å². The maximum Gasteiger partial charge on any atom is 0.320 e. The van der Waals surface area contributed by atoms with Crippen molar-refractivity contribution in [1.82, 2.24) is 10.3 Å². The summed E-state index contributed by atoms with van der Waals surface area (Å²) >= 11 is 5.42. The number of nitrogens with zero attached hydrogens (tertiary/aromatic N) is 1. The van der Waals surface area contributed by atoms with Crippen molar-refractivity contribution < 1.29 is 4.79 Å². The summed E-state index contributed by atoms with van der Waals surface area (Å²) in [5.74, 6) is 0.936. The molecule has 0 aliphatic heterocycles. The van der Waals surface area contributed by atoms with Gasteiger partial charge in [0.25, 0.3) is 0 Å². The monoisotopic (exact) mass is 213 g/mol. The molecule has 1 aromatic heterocycles. The minimum atomic E-state index is -0.288. The van der Waals surface area contributed by atoms with Gasteiger partial charge in [-0.25, -0.2) is 9.78 Å². The van der Waals surface area contributed by atoms with Gasteiger partial charge in [0.2, 0.25) is 0 Å². The molecule has 76 valence electrons. The second kappa shape index (κ2) is 5.44. The molecule has 0 saturated carbocycles. The number of nitrogens with one attached hydrogen (secondary N) is 2. The van der Waals surface area contributed by atoms with Crippen LogP contribution in [0.2, 0.25) is 0 Å². The highest BCUT2D eigenvalue weighted by Crippen LogP contribution is 2.04. The van der Waals surface area contributed by atoms with Gasteiger partial charge >= 0.3 is 6.03 Å². The molecule has 4 nitrogen and oxygen atoms in total. The lowest BCUT2D eigenvalue weighted by atomic mass is 10.3. The Morgan fingerprint density at radius 1 is 1.64 bits per heavy atom. The Bertz CT molecular complexity index is 317. The van der Waals surface area contributed by atoms with E-state index in [0.717, 1.165) is 5.56 Å². The number of anilines is 1. The summed E-state index contributed by atoms with van der Waals surface area (Å²) < 4.78 is 0. The van der Waals surface area contributed by atoms with Gasteiger partial charge in [0, 0.05) is 18.6 Å². The zero-order chi connectivity index (χ0) is 10.4. The molecule has 0 spiro atoms. The maximum absolute atomic E-state index is 11.2. The van der Waals surface area contributed by atoms with Gasteiger partial charge in [0.1, 0.15) is 5.82 Å². The van der Waals surface area contributed by atoms with Crippen LogP contribution in [-0.2, 0) is 0 Å². The van der Waals surface area contributed by atoms with Crippen molar-refractivity contribution in [3.63, 3.8) is 0 Å². The SMILES string of the molecule is Cc1ccnc(NC(=O)NCCCl)c1. The molecule has 0 aliphatic rings. The molecule has 14 heavy (non-hydrogen) atoms. The van der Waals surface area contributed by atoms with Crippen molar-refractivity contribution in [2.24, 2.45) is 0 Å². The van der Waals surface area contributed by atoms with Crippen LogP contribution < -0.4 is 10.6 Å². The zero-order valence-electron chi connectivity index (χ0n) is 7.88. The number of urea groups is 1. The maximum atomic E-state index is 11.2. The quantitative estimate of drug-likeness (QED) is 0.752. The van der Waals surface area contributed by atoms with Crippen LogP contribution in [0.1, 0.15) is 5.56 Å². The number of halogens is 1. The third kappa shape index (κ3) is 3.62. The number of pyridine rings is 1. The molecular formula is C9H12ClN3O. The number of alkyl halides is 1. The van der Waals surface area contributed by atoms with E-state index in [4.69, 9.17) is 11.6 Å². The van der Waals surface area contributed by atoms with Gasteiger partial charge in [-0.2, -0.15) is 0 Å². The number of hydrogen-bond donors (Lipinski definition) is 2. The summed E-state index contributed by atoms with van der Waals surface area (Å²) in [7, 11) is 0. The second-order valence-corrected chi connectivity index (χ2v) is 3.17. The lowest BCUT2D eigenvalue weighted by Gasteiger charge is -2.05. The van der Waals surface area contributed by atoms with Gasteiger partial charge in [-0.05, 0) is 24.6 Å². The fraction of sp³-hybridized carbons (Fsp3) is 0.333. The second-order valence-electron chi connectivity index (χ2n) is 2.79. The molecule has 1 rings (SSSR count). The van der Waals surface area contributed by atoms with Gasteiger partial charge in [0.15, 0.2) is 0 Å². The normalized spacial score (nSPS) is 9.57. The molecule has 0 aromatic carbocycles. The number of amides is 2. The third-order valence-electron chi connectivity index (χ3n) is 1.54. The van der Waals surface area contributed by atoms with Crippen molar-refractivity contribution in [3.05, 3.63) is 23.9 Å². The molecule has 2 N–H and O–H groups in total. The molecule has 0 fully saturated rings. The molecule has 1 aromatic rings. The lowest BCUT2D eigenvalue weighted by molar-refractivity contribution is 0.252. The standard InChI is InChI=1S/C9H12ClN3O/c1-7-2-4-11-8(6-7)13-9(14)12-5-3-10/h2,4,6H,3,5H2,1H3,(H2,11,12,13,14). The highest BCUT2D eigenvalue weighted by Gasteiger charge is 2.00. The summed E-state index contributed by atoms with van der Waals surface area (Å²) in [5.41, 5.74) is 1.05. The van der Waals surface area contributed by atoms with Gasteiger partial charge in [0.05, 0.1) is 0 Å². The molecule has 0 atom stereocenters. The molecule has 2 amide bonds. The molecule has 0 bridgehead atoms. The van der Waals surface area contributed by atoms with E-state index in [2.05, 4.69) is 15.6 Å². The van der Waals surface area contributed by atoms with Crippen LogP contribution in [0.25, 0.3) is 0 Å². The smallest absolute Gasteiger partial charge is 0.320 e. The summed E-state index contributed by atoms with van der Waals surface area (Å²) in [5, 5.41) is 5.18. The van der Waals surface area contributed by atoms with E-state index >= 15 is 0 Å². The highest BCUT2D eigenvalue weighted by molar-refractivity contribution is 6.18. The van der Waals surface area contributed by atoms with E-state index in [1.165, 1.54) is 0 Å². The Balaban J connectivity index is 2.47. The van der Waals surface area contributed by atoms with E-state index in [0.29, 0.717) is 18.2 Å². The Kier molecular flexibility index (Phi) is 4.19. The molecule has 0 unspecified atom stereocenters. The van der Waals surface area contributed by atoms with Crippen LogP contribution in [0, 0.1) is 6.92 Å². The predicted molar refractivity (Wildman–Crippen MR) is 56.7 cm³/mol. The first-order valence-electron chi connectivity index (χ1n) is 4.26. The number of aryl methyl sites for hydroxylation is 1. The number of rotatable bonds is 3. The third-order valence-corrected chi connectivity index (χ3v) is 1.73. The number of hydrogen-bond acceptors (Lipinski definition) is 2. The summed E-state index contributed by atoms with van der Waals surface area (Å²) in [4.78, 5) is 15.1. The minimum absolute atomic E-state index is 0.288. The number of carbonyl (C=O) groups excluding carboxylic acids is 1. The summed E-state index contributed by atoms with van der Waals surface area (Å²) in [6, 6.07) is 3.37. The van der Waals surface area contributed by atoms with Crippen LogP contribution in [0.15, 0.2) is 18.3 Å². The van der Waals surface area contributed by atoms with Crippen LogP contribution in [0.5, 0.6) is 0 Å². The van der Waals surface area contributed by atoms with Gasteiger partial charge in [-0.3, -0.25) is 5.32 Å². The van der Waals surface area contributed by atoms with E-state index in [9.17, 15) is 4.79 Å². The van der Waals surface area contributed by atoms with E-state index in [-0.39, 0.29) is 6.03 Å². The van der Waals surface area contributed by atoms with Gasteiger partial charge in [-0.15, -0.1) is 11.6 Å². The van der Waals surface area contributed by atoms with Gasteiger partial charge in [-0.1, -0.05) is 0 Å². The molecule has 0 saturated heterocycles. The van der Waals surface area contributed by atoms with Crippen LogP contribution in [0.3, 0.4) is 0 Å². The average Bonchev–Trinajstić information content (AvgIpc) is 2.15. The van der Waals surface area contributed by atoms with Crippen LogP contribution in [-0.4, -0.2) is 23.4 Å². The van der Waals surface area contributed by atoms with E-state index in [1.807, 2.05) is 13.0 Å². The topological polar surface area (TPSA) is 54.0 Å². The van der Waals surface area contributed by atoms with Crippen molar-refractivity contribution in [2.75, 3.05) is 17.7 Å². The zero-order valence-corrected chi connectivity index (χ0v) is 8.64. The van der Waals surface area contributed by atoms with Crippen LogP contribution in [0.4, 0.5) is 10.6 Å². The molecule has 0 aliphatic carbocycles. The molecule has 5 heteroatoms. The first-order chi connectivity index (χ1) is 6.72. The Labute approximate surface area is 87.7 Å². The van der Waals surface area contributed by atoms with Crippen molar-refractivity contribution in [3.8, 4) is 0 Å². The van der Waals surface area contributed by atoms with Gasteiger partial charge < -0.3 is 5.32 Å². The summed E-state index contributed by atoms with van der Waals surface area (Å²) in [6.07, 6.45) is 1.65. The van der Waals surface area contributed by atoms with Crippen molar-refractivity contribution >= 4 is 23.4 Å². The van der Waals surface area contributed by atoms with Crippen molar-refractivity contribution in [2.45, 2.75) is 6.92 Å². The predicted octanol–water partition coefficient (Wildman–Crippen LogP) is 1.75. The number of aromatic nitrogens is 1. The van der Waals surface area contributed by atoms with Crippen molar-refractivity contribution in [1.29, 1.82) is 0 Å².